The van der Waals surface area contributed by atoms with E-state index in [4.69, 9.17) is 0 Å². The quantitative estimate of drug-likeness (QED) is 0.890. The summed E-state index contributed by atoms with van der Waals surface area (Å²) in [6.07, 6.45) is 8.25. The van der Waals surface area contributed by atoms with Crippen LogP contribution >= 0.6 is 0 Å². The topological polar surface area (TPSA) is 58.1 Å². The molecule has 0 radical (unpaired) electrons. The zero-order valence-electron chi connectivity index (χ0n) is 11.6. The molecule has 5 heteroatoms. The van der Waals surface area contributed by atoms with Crippen LogP contribution in [0.25, 0.3) is 0 Å². The van der Waals surface area contributed by atoms with E-state index in [1.807, 2.05) is 4.90 Å². The first kappa shape index (κ1) is 12.1. The van der Waals surface area contributed by atoms with Crippen LogP contribution in [0.1, 0.15) is 48.6 Å². The summed E-state index contributed by atoms with van der Waals surface area (Å²) in [7, 11) is 0. The molecule has 0 atom stereocenters. The molecule has 2 amide bonds. The lowest BCUT2D eigenvalue weighted by atomic mass is 10.0. The zero-order valence-corrected chi connectivity index (χ0v) is 11.6. The van der Waals surface area contributed by atoms with Gasteiger partial charge in [0, 0.05) is 37.2 Å². The summed E-state index contributed by atoms with van der Waals surface area (Å²) in [6.45, 7) is 1.56. The second-order valence-electron chi connectivity index (χ2n) is 6.17. The Morgan fingerprint density at radius 3 is 2.70 bits per heavy atom. The molecule has 0 spiro atoms. The molecule has 20 heavy (non-hydrogen) atoms. The zero-order chi connectivity index (χ0) is 13.5. The van der Waals surface area contributed by atoms with Gasteiger partial charge in [-0.15, -0.1) is 0 Å². The number of nitrogens with one attached hydrogen (secondary N) is 1. The summed E-state index contributed by atoms with van der Waals surface area (Å²) in [5, 5.41) is 3.08. The predicted octanol–water partition coefficient (Wildman–Crippen LogP) is 1.63. The van der Waals surface area contributed by atoms with Crippen LogP contribution in [0.3, 0.4) is 0 Å². The standard InChI is InChI=1S/C15H20N4O/c20-15(18-11-3-4-11)19-7-5-12-13(6-8-19)16-9-17-14(12)10-1-2-10/h9-11H,1-8H2,(H,18,20). The average molecular weight is 272 g/mol. The highest BCUT2D eigenvalue weighted by molar-refractivity contribution is 5.75. The third-order valence-corrected chi connectivity index (χ3v) is 4.47. The Morgan fingerprint density at radius 1 is 1.15 bits per heavy atom. The highest BCUT2D eigenvalue weighted by Gasteiger charge is 2.31. The van der Waals surface area contributed by atoms with Gasteiger partial charge in [-0.25, -0.2) is 14.8 Å². The molecule has 1 N–H and O–H groups in total. The highest BCUT2D eigenvalue weighted by atomic mass is 16.2. The van der Waals surface area contributed by atoms with E-state index < -0.39 is 0 Å². The largest absolute Gasteiger partial charge is 0.335 e. The maximum Gasteiger partial charge on any atom is 0.317 e. The summed E-state index contributed by atoms with van der Waals surface area (Å²) >= 11 is 0. The Morgan fingerprint density at radius 2 is 1.95 bits per heavy atom. The number of hydrogen-bond donors (Lipinski definition) is 1. The lowest BCUT2D eigenvalue weighted by Crippen LogP contribution is -2.42. The Balaban J connectivity index is 1.50. The Kier molecular flexibility index (Phi) is 2.86. The maximum absolute atomic E-state index is 12.2. The Hall–Kier alpha value is -1.65. The van der Waals surface area contributed by atoms with E-state index in [1.54, 1.807) is 6.33 Å². The van der Waals surface area contributed by atoms with E-state index >= 15 is 0 Å². The van der Waals surface area contributed by atoms with Crippen LogP contribution in [0.15, 0.2) is 6.33 Å². The number of carbonyl (C=O) groups excluding carboxylic acids is 1. The molecule has 106 valence electrons. The minimum Gasteiger partial charge on any atom is -0.335 e. The molecule has 0 saturated heterocycles. The van der Waals surface area contributed by atoms with Gasteiger partial charge in [0.2, 0.25) is 0 Å². The molecule has 1 aromatic heterocycles. The molecule has 2 aliphatic carbocycles. The fraction of sp³-hybridized carbons (Fsp3) is 0.667. The van der Waals surface area contributed by atoms with Gasteiger partial charge >= 0.3 is 6.03 Å². The lowest BCUT2D eigenvalue weighted by Gasteiger charge is -2.20. The fourth-order valence-corrected chi connectivity index (χ4v) is 2.96. The van der Waals surface area contributed by atoms with Gasteiger partial charge in [-0.3, -0.25) is 0 Å². The van der Waals surface area contributed by atoms with Crippen LogP contribution in [0.5, 0.6) is 0 Å². The van der Waals surface area contributed by atoms with Crippen LogP contribution in [-0.2, 0) is 12.8 Å². The number of rotatable bonds is 2. The number of carbonyl (C=O) groups is 1. The molecule has 5 nitrogen and oxygen atoms in total. The molecule has 4 rings (SSSR count). The smallest absolute Gasteiger partial charge is 0.317 e. The molecule has 2 saturated carbocycles. The van der Waals surface area contributed by atoms with Gasteiger partial charge in [-0.05, 0) is 37.7 Å². The minimum atomic E-state index is 0.0984. The second-order valence-corrected chi connectivity index (χ2v) is 6.17. The molecule has 0 bridgehead atoms. The van der Waals surface area contributed by atoms with E-state index in [0.717, 1.165) is 44.5 Å². The summed E-state index contributed by atoms with van der Waals surface area (Å²) in [6, 6.07) is 0.524. The van der Waals surface area contributed by atoms with Gasteiger partial charge in [-0.1, -0.05) is 0 Å². The first-order chi connectivity index (χ1) is 9.81. The van der Waals surface area contributed by atoms with Crippen molar-refractivity contribution in [3.8, 4) is 0 Å². The van der Waals surface area contributed by atoms with Gasteiger partial charge < -0.3 is 10.2 Å². The molecular weight excluding hydrogens is 252 g/mol. The lowest BCUT2D eigenvalue weighted by molar-refractivity contribution is 0.199. The number of hydrogen-bond acceptors (Lipinski definition) is 3. The predicted molar refractivity (Wildman–Crippen MR) is 74.5 cm³/mol. The van der Waals surface area contributed by atoms with Crippen molar-refractivity contribution in [2.45, 2.75) is 50.5 Å². The van der Waals surface area contributed by atoms with Gasteiger partial charge in [0.05, 0.1) is 5.69 Å². The van der Waals surface area contributed by atoms with Crippen LogP contribution in [0, 0.1) is 0 Å². The van der Waals surface area contributed by atoms with E-state index in [2.05, 4.69) is 15.3 Å². The van der Waals surface area contributed by atoms with E-state index in [9.17, 15) is 4.79 Å². The molecule has 3 aliphatic rings. The number of urea groups is 1. The number of fused-ring (bicyclic) bond motifs is 1. The fourth-order valence-electron chi connectivity index (χ4n) is 2.96. The van der Waals surface area contributed by atoms with Crippen molar-refractivity contribution in [1.82, 2.24) is 20.2 Å². The first-order valence-corrected chi connectivity index (χ1v) is 7.69. The van der Waals surface area contributed by atoms with Gasteiger partial charge in [0.15, 0.2) is 0 Å². The Labute approximate surface area is 118 Å². The highest BCUT2D eigenvalue weighted by Crippen LogP contribution is 2.41. The van der Waals surface area contributed by atoms with E-state index in [0.29, 0.717) is 12.0 Å². The third-order valence-electron chi connectivity index (χ3n) is 4.47. The summed E-state index contributed by atoms with van der Waals surface area (Å²) in [4.78, 5) is 23.0. The number of nitrogens with zero attached hydrogens (tertiary/aromatic N) is 3. The third kappa shape index (κ3) is 2.37. The molecule has 0 unspecified atom stereocenters. The van der Waals surface area contributed by atoms with Crippen LogP contribution < -0.4 is 5.32 Å². The van der Waals surface area contributed by atoms with E-state index in [-0.39, 0.29) is 6.03 Å². The molecule has 0 aromatic carbocycles. The van der Waals surface area contributed by atoms with Crippen molar-refractivity contribution in [3.63, 3.8) is 0 Å². The molecule has 2 fully saturated rings. The van der Waals surface area contributed by atoms with Crippen LogP contribution in [0.2, 0.25) is 0 Å². The van der Waals surface area contributed by atoms with Crippen LogP contribution in [-0.4, -0.2) is 40.0 Å². The first-order valence-electron chi connectivity index (χ1n) is 7.69. The molecular formula is C15H20N4O. The van der Waals surface area contributed by atoms with Crippen molar-refractivity contribution in [2.75, 3.05) is 13.1 Å². The summed E-state index contributed by atoms with van der Waals surface area (Å²) in [5.74, 6) is 0.651. The van der Waals surface area contributed by atoms with Crippen molar-refractivity contribution in [2.24, 2.45) is 0 Å². The molecule has 2 heterocycles. The van der Waals surface area contributed by atoms with Gasteiger partial charge in [-0.2, -0.15) is 0 Å². The van der Waals surface area contributed by atoms with Crippen molar-refractivity contribution < 1.29 is 4.79 Å². The second kappa shape index (κ2) is 4.72. The normalized spacial score (nSPS) is 22.1. The minimum absolute atomic E-state index is 0.0984. The molecule has 1 aromatic rings. The summed E-state index contributed by atoms with van der Waals surface area (Å²) < 4.78 is 0. The van der Waals surface area contributed by atoms with Crippen molar-refractivity contribution >= 4 is 6.03 Å². The molecule has 1 aliphatic heterocycles. The number of amides is 2. The van der Waals surface area contributed by atoms with Gasteiger partial charge in [0.1, 0.15) is 6.33 Å². The van der Waals surface area contributed by atoms with Crippen molar-refractivity contribution in [3.05, 3.63) is 23.3 Å². The monoisotopic (exact) mass is 272 g/mol. The van der Waals surface area contributed by atoms with E-state index in [1.165, 1.54) is 24.1 Å². The van der Waals surface area contributed by atoms with Crippen LogP contribution in [0.4, 0.5) is 4.79 Å². The van der Waals surface area contributed by atoms with Crippen molar-refractivity contribution in [1.29, 1.82) is 0 Å². The maximum atomic E-state index is 12.2. The number of aromatic nitrogens is 2. The average Bonchev–Trinajstić information content (AvgIpc) is 3.30. The Bertz CT molecular complexity index is 537. The van der Waals surface area contributed by atoms with Gasteiger partial charge in [0.25, 0.3) is 0 Å². The summed E-state index contributed by atoms with van der Waals surface area (Å²) in [5.41, 5.74) is 3.72. The SMILES string of the molecule is O=C(NC1CC1)N1CCc2ncnc(C3CC3)c2CC1.